The van der Waals surface area contributed by atoms with Crippen LogP contribution in [-0.2, 0) is 9.57 Å². The Morgan fingerprint density at radius 3 is 2.19 bits per heavy atom. The Bertz CT molecular complexity index is 818. The number of para-hydroxylation sites is 1. The van der Waals surface area contributed by atoms with Crippen molar-refractivity contribution < 1.29 is 23.6 Å². The first-order valence-electron chi connectivity index (χ1n) is 7.77. The molecule has 7 nitrogen and oxygen atoms in total. The number of hydrazine groups is 1. The average Bonchev–Trinajstić information content (AvgIpc) is 3.08. The zero-order valence-electron chi connectivity index (χ0n) is 13.3. The maximum atomic E-state index is 14.2. The van der Waals surface area contributed by atoms with Crippen molar-refractivity contribution >= 4 is 29.3 Å². The van der Waals surface area contributed by atoms with Gasteiger partial charge in [-0.1, -0.05) is 34.9 Å². The highest BCUT2D eigenvalue weighted by Crippen LogP contribution is 2.31. The van der Waals surface area contributed by atoms with Crippen molar-refractivity contribution in [1.29, 1.82) is 0 Å². The fourth-order valence-corrected chi connectivity index (χ4v) is 3.05. The molecular weight excluding hydrogens is 365 g/mol. The second-order valence-electron chi connectivity index (χ2n) is 5.60. The van der Waals surface area contributed by atoms with Crippen molar-refractivity contribution in [2.24, 2.45) is 0 Å². The van der Waals surface area contributed by atoms with Gasteiger partial charge < -0.3 is 4.74 Å². The van der Waals surface area contributed by atoms with Crippen molar-refractivity contribution in [3.63, 3.8) is 0 Å². The van der Waals surface area contributed by atoms with Crippen LogP contribution >= 0.6 is 11.8 Å². The number of hydrogen-bond donors (Lipinski definition) is 0. The highest BCUT2D eigenvalue weighted by atomic mass is 35.5. The Hall–Kier alpha value is -2.52. The van der Waals surface area contributed by atoms with Gasteiger partial charge in [0.15, 0.2) is 6.23 Å². The molecule has 26 heavy (non-hydrogen) atoms. The molecule has 4 rings (SSSR count). The summed E-state index contributed by atoms with van der Waals surface area (Å²) in [6, 6.07) is 15.0. The van der Waals surface area contributed by atoms with Gasteiger partial charge in [-0.2, -0.15) is 4.39 Å². The van der Waals surface area contributed by atoms with Crippen LogP contribution in [-0.4, -0.2) is 40.7 Å². The Balaban J connectivity index is 1.45. The lowest BCUT2D eigenvalue weighted by Gasteiger charge is -2.25. The number of carbonyl (C=O) groups excluding carboxylic acids is 2. The summed E-state index contributed by atoms with van der Waals surface area (Å²) in [5, 5.41) is 1.73. The van der Waals surface area contributed by atoms with Crippen LogP contribution in [0.5, 0.6) is 0 Å². The summed E-state index contributed by atoms with van der Waals surface area (Å²) in [7, 11) is 0. The summed E-state index contributed by atoms with van der Waals surface area (Å²) < 4.78 is 20.3. The molecule has 1 fully saturated rings. The van der Waals surface area contributed by atoms with Crippen LogP contribution in [0.4, 0.5) is 10.1 Å². The Kier molecular flexibility index (Phi) is 4.33. The Labute approximate surface area is 153 Å². The summed E-state index contributed by atoms with van der Waals surface area (Å²) in [4.78, 5) is 29.8. The van der Waals surface area contributed by atoms with Gasteiger partial charge in [0, 0.05) is 11.8 Å². The molecule has 0 spiro atoms. The second-order valence-corrected chi connectivity index (χ2v) is 5.94. The quantitative estimate of drug-likeness (QED) is 0.464. The molecule has 2 aromatic carbocycles. The molecule has 2 aliphatic rings. The van der Waals surface area contributed by atoms with E-state index in [-0.39, 0.29) is 17.7 Å². The van der Waals surface area contributed by atoms with E-state index in [4.69, 9.17) is 21.4 Å². The van der Waals surface area contributed by atoms with Crippen LogP contribution in [0, 0.1) is 0 Å². The lowest BCUT2D eigenvalue weighted by molar-refractivity contribution is -0.145. The SMILES string of the molecule is O=C1c2ccccc2C(=O)N1OCC1OC(F)N(c2ccccc2)N1Cl. The summed E-state index contributed by atoms with van der Waals surface area (Å²) in [5.41, 5.74) is 0.988. The number of amides is 2. The lowest BCUT2D eigenvalue weighted by Crippen LogP contribution is -2.40. The fraction of sp³-hybridized carbons (Fsp3) is 0.176. The molecule has 2 amide bonds. The number of imide groups is 1. The Morgan fingerprint density at radius 1 is 1.00 bits per heavy atom. The van der Waals surface area contributed by atoms with E-state index in [1.54, 1.807) is 42.5 Å². The molecule has 0 bridgehead atoms. The van der Waals surface area contributed by atoms with E-state index in [1.165, 1.54) is 12.1 Å². The van der Waals surface area contributed by atoms with Crippen molar-refractivity contribution in [3.05, 3.63) is 65.7 Å². The maximum Gasteiger partial charge on any atom is 0.295 e. The largest absolute Gasteiger partial charge is 0.306 e. The van der Waals surface area contributed by atoms with Crippen molar-refractivity contribution in [2.45, 2.75) is 12.7 Å². The van der Waals surface area contributed by atoms with Gasteiger partial charge in [-0.25, -0.2) is 5.01 Å². The zero-order chi connectivity index (χ0) is 18.3. The van der Waals surface area contributed by atoms with Crippen molar-refractivity contribution in [3.8, 4) is 0 Å². The lowest BCUT2D eigenvalue weighted by atomic mass is 10.1. The second kappa shape index (κ2) is 6.65. The number of hydrogen-bond acceptors (Lipinski definition) is 6. The molecule has 1 saturated heterocycles. The van der Waals surface area contributed by atoms with E-state index in [9.17, 15) is 14.0 Å². The monoisotopic (exact) mass is 377 g/mol. The van der Waals surface area contributed by atoms with Crippen LogP contribution < -0.4 is 5.01 Å². The number of nitrogens with zero attached hydrogens (tertiary/aromatic N) is 3. The standard InChI is InChI=1S/C17H13ClFN3O4/c18-22-14(26-17(19)20(22)11-6-2-1-3-7-11)10-25-21-15(23)12-8-4-5-9-13(12)16(21)24/h1-9,14,17H,10H2. The minimum atomic E-state index is -1.83. The van der Waals surface area contributed by atoms with Gasteiger partial charge in [0.2, 0.25) is 0 Å². The number of benzene rings is 2. The molecule has 134 valence electrons. The summed E-state index contributed by atoms with van der Waals surface area (Å²) in [6.07, 6.45) is -1.03. The summed E-state index contributed by atoms with van der Waals surface area (Å²) >= 11 is 6.15. The Morgan fingerprint density at radius 2 is 1.58 bits per heavy atom. The van der Waals surface area contributed by atoms with E-state index < -0.39 is 24.5 Å². The number of alkyl halides is 1. The molecule has 2 unspecified atom stereocenters. The molecule has 0 saturated carbocycles. The number of hydroxylamine groups is 2. The average molecular weight is 378 g/mol. The predicted molar refractivity (Wildman–Crippen MR) is 89.3 cm³/mol. The third-order valence-corrected chi connectivity index (χ3v) is 4.41. The molecule has 2 aliphatic heterocycles. The first-order valence-corrected chi connectivity index (χ1v) is 8.11. The highest BCUT2D eigenvalue weighted by molar-refractivity contribution is 6.20. The molecular formula is C17H13ClFN3O4. The minimum Gasteiger partial charge on any atom is -0.306 e. The van der Waals surface area contributed by atoms with Gasteiger partial charge in [0.25, 0.3) is 18.3 Å². The van der Waals surface area contributed by atoms with E-state index in [2.05, 4.69) is 0 Å². The van der Waals surface area contributed by atoms with E-state index >= 15 is 0 Å². The first-order chi connectivity index (χ1) is 12.6. The molecule has 0 aromatic heterocycles. The van der Waals surface area contributed by atoms with Crippen LogP contribution in [0.25, 0.3) is 0 Å². The third kappa shape index (κ3) is 2.73. The molecule has 2 atom stereocenters. The van der Waals surface area contributed by atoms with Gasteiger partial charge >= 0.3 is 0 Å². The van der Waals surface area contributed by atoms with Gasteiger partial charge in [0.05, 0.1) is 16.8 Å². The van der Waals surface area contributed by atoms with Gasteiger partial charge in [-0.15, -0.1) is 5.06 Å². The van der Waals surface area contributed by atoms with E-state index in [1.807, 2.05) is 0 Å². The van der Waals surface area contributed by atoms with Crippen LogP contribution in [0.1, 0.15) is 20.7 Å². The van der Waals surface area contributed by atoms with E-state index in [0.717, 1.165) is 9.54 Å². The van der Waals surface area contributed by atoms with Crippen LogP contribution in [0.15, 0.2) is 54.6 Å². The molecule has 2 aromatic rings. The summed E-state index contributed by atoms with van der Waals surface area (Å²) in [6.45, 7) is -2.15. The number of anilines is 1. The minimum absolute atomic E-state index is 0.252. The first kappa shape index (κ1) is 16.9. The number of rotatable bonds is 4. The van der Waals surface area contributed by atoms with Gasteiger partial charge in [-0.05, 0) is 24.3 Å². The highest BCUT2D eigenvalue weighted by Gasteiger charge is 2.43. The number of fused-ring (bicyclic) bond motifs is 1. The zero-order valence-corrected chi connectivity index (χ0v) is 14.0. The van der Waals surface area contributed by atoms with Gasteiger partial charge in [-0.3, -0.25) is 14.4 Å². The third-order valence-electron chi connectivity index (χ3n) is 4.03. The smallest absolute Gasteiger partial charge is 0.295 e. The topological polar surface area (TPSA) is 62.3 Å². The maximum absolute atomic E-state index is 14.2. The predicted octanol–water partition coefficient (Wildman–Crippen LogP) is 2.70. The normalized spacial score (nSPS) is 23.0. The fourth-order valence-electron chi connectivity index (χ4n) is 2.79. The number of halogens is 2. The number of ether oxygens (including phenoxy) is 1. The van der Waals surface area contributed by atoms with Crippen LogP contribution in [0.3, 0.4) is 0 Å². The van der Waals surface area contributed by atoms with Crippen molar-refractivity contribution in [1.82, 2.24) is 9.59 Å². The van der Waals surface area contributed by atoms with Gasteiger partial charge in [0.1, 0.15) is 6.61 Å². The number of carbonyl (C=O) groups is 2. The molecule has 0 aliphatic carbocycles. The van der Waals surface area contributed by atoms with E-state index in [0.29, 0.717) is 10.8 Å². The van der Waals surface area contributed by atoms with Crippen molar-refractivity contribution in [2.75, 3.05) is 11.6 Å². The molecule has 2 heterocycles. The molecule has 0 radical (unpaired) electrons. The summed E-state index contributed by atoms with van der Waals surface area (Å²) in [5.74, 6) is -1.16. The molecule has 0 N–H and O–H groups in total. The van der Waals surface area contributed by atoms with Crippen LogP contribution in [0.2, 0.25) is 0 Å². The molecule has 9 heteroatoms.